The molecule has 0 saturated heterocycles. The molecule has 0 aliphatic heterocycles. The van der Waals surface area contributed by atoms with Gasteiger partial charge in [-0.3, -0.25) is 4.79 Å². The number of aliphatic hydroxyl groups is 1. The van der Waals surface area contributed by atoms with E-state index in [9.17, 15) is 14.7 Å². The molecule has 1 unspecified atom stereocenters. The number of carboxylic acids is 1. The Morgan fingerprint density at radius 1 is 1.32 bits per heavy atom. The van der Waals surface area contributed by atoms with Crippen molar-refractivity contribution in [3.63, 3.8) is 0 Å². The van der Waals surface area contributed by atoms with E-state index in [0.717, 1.165) is 6.42 Å². The van der Waals surface area contributed by atoms with Crippen LogP contribution in [0.3, 0.4) is 0 Å². The van der Waals surface area contributed by atoms with E-state index in [-0.39, 0.29) is 19.1 Å². The number of carboxylic acid groups (broad SMARTS) is 1. The van der Waals surface area contributed by atoms with Crippen molar-refractivity contribution in [3.8, 4) is 0 Å². The van der Waals surface area contributed by atoms with Gasteiger partial charge in [-0.25, -0.2) is 4.79 Å². The minimum atomic E-state index is -0.969. The molecule has 19 heavy (non-hydrogen) atoms. The number of carbonyl (C=O) groups excluding carboxylic acids is 1. The van der Waals surface area contributed by atoms with E-state index in [1.54, 1.807) is 13.8 Å². The summed E-state index contributed by atoms with van der Waals surface area (Å²) in [7, 11) is 0. The normalized spacial score (nSPS) is 12.9. The third-order valence-corrected chi connectivity index (χ3v) is 2.73. The van der Waals surface area contributed by atoms with Crippen molar-refractivity contribution in [3.05, 3.63) is 0 Å². The van der Waals surface area contributed by atoms with Crippen LogP contribution in [0.1, 0.15) is 40.5 Å². The molecule has 3 N–H and O–H groups in total. The predicted octanol–water partition coefficient (Wildman–Crippen LogP) is 1.29. The number of likely N-dealkylation sites (N-methyl/N-ethyl adjacent to an activating group) is 1. The van der Waals surface area contributed by atoms with Gasteiger partial charge in [0.2, 0.25) is 0 Å². The van der Waals surface area contributed by atoms with Crippen LogP contribution in [0.15, 0.2) is 0 Å². The molecule has 112 valence electrons. The van der Waals surface area contributed by atoms with Gasteiger partial charge in [0.15, 0.2) is 0 Å². The highest BCUT2D eigenvalue weighted by Gasteiger charge is 2.23. The average molecular weight is 274 g/mol. The van der Waals surface area contributed by atoms with Crippen molar-refractivity contribution in [1.82, 2.24) is 10.2 Å². The summed E-state index contributed by atoms with van der Waals surface area (Å²) < 4.78 is 0. The number of amides is 2. The molecule has 0 saturated carbocycles. The predicted molar refractivity (Wildman–Crippen MR) is 73.0 cm³/mol. The summed E-state index contributed by atoms with van der Waals surface area (Å²) in [6.45, 7) is 7.75. The van der Waals surface area contributed by atoms with E-state index >= 15 is 0 Å². The summed E-state index contributed by atoms with van der Waals surface area (Å²) in [6, 6.07) is -0.341. The fourth-order valence-corrected chi connectivity index (χ4v) is 1.78. The van der Waals surface area contributed by atoms with Crippen LogP contribution in [0.5, 0.6) is 0 Å². The van der Waals surface area contributed by atoms with Gasteiger partial charge in [0, 0.05) is 13.1 Å². The molecule has 6 heteroatoms. The standard InChI is InChI=1S/C13H26N2O4/c1-5-7-10(11(16)17)8-14-12(18)15(6-2)9-13(3,4)19/h10,19H,5-9H2,1-4H3,(H,14,18)(H,16,17). The van der Waals surface area contributed by atoms with Gasteiger partial charge in [0.25, 0.3) is 0 Å². The van der Waals surface area contributed by atoms with Crippen LogP contribution >= 0.6 is 0 Å². The second-order valence-corrected chi connectivity index (χ2v) is 5.34. The van der Waals surface area contributed by atoms with Gasteiger partial charge in [-0.1, -0.05) is 13.3 Å². The second-order valence-electron chi connectivity index (χ2n) is 5.34. The van der Waals surface area contributed by atoms with E-state index in [4.69, 9.17) is 5.11 Å². The van der Waals surface area contributed by atoms with Gasteiger partial charge in [-0.2, -0.15) is 0 Å². The Bertz CT molecular complexity index is 300. The molecule has 2 amide bonds. The second kappa shape index (κ2) is 7.99. The van der Waals surface area contributed by atoms with Crippen LogP contribution in [-0.4, -0.2) is 52.3 Å². The van der Waals surface area contributed by atoms with Gasteiger partial charge < -0.3 is 20.4 Å². The van der Waals surface area contributed by atoms with Gasteiger partial charge in [-0.05, 0) is 27.2 Å². The number of nitrogens with zero attached hydrogens (tertiary/aromatic N) is 1. The van der Waals surface area contributed by atoms with Crippen LogP contribution in [0, 0.1) is 5.92 Å². The lowest BCUT2D eigenvalue weighted by Gasteiger charge is -2.28. The molecule has 0 aromatic carbocycles. The minimum absolute atomic E-state index is 0.115. The zero-order valence-electron chi connectivity index (χ0n) is 12.3. The van der Waals surface area contributed by atoms with Gasteiger partial charge in [0.05, 0.1) is 18.1 Å². The Balaban J connectivity index is 4.37. The number of nitrogens with one attached hydrogen (secondary N) is 1. The molecule has 0 heterocycles. The van der Waals surface area contributed by atoms with Crippen LogP contribution in [-0.2, 0) is 4.79 Å². The first kappa shape index (κ1) is 17.7. The van der Waals surface area contributed by atoms with Gasteiger partial charge in [-0.15, -0.1) is 0 Å². The summed E-state index contributed by atoms with van der Waals surface area (Å²) in [6.07, 6.45) is 1.29. The van der Waals surface area contributed by atoms with E-state index < -0.39 is 17.5 Å². The fraction of sp³-hybridized carbons (Fsp3) is 0.846. The van der Waals surface area contributed by atoms with Gasteiger partial charge >= 0.3 is 12.0 Å². The molecule has 0 spiro atoms. The summed E-state index contributed by atoms with van der Waals surface area (Å²) in [5, 5.41) is 21.3. The lowest BCUT2D eigenvalue weighted by Crippen LogP contribution is -2.48. The summed E-state index contributed by atoms with van der Waals surface area (Å²) in [4.78, 5) is 24.3. The number of rotatable bonds is 8. The molecule has 6 nitrogen and oxygen atoms in total. The maximum absolute atomic E-state index is 11.9. The molecule has 0 aliphatic carbocycles. The molecular weight excluding hydrogens is 248 g/mol. The van der Waals surface area contributed by atoms with Crippen molar-refractivity contribution in [1.29, 1.82) is 0 Å². The third-order valence-electron chi connectivity index (χ3n) is 2.73. The SMILES string of the molecule is CCCC(CNC(=O)N(CC)CC(C)(C)O)C(=O)O. The summed E-state index contributed by atoms with van der Waals surface area (Å²) in [5.41, 5.74) is -0.969. The molecule has 1 atom stereocenters. The first-order valence-corrected chi connectivity index (χ1v) is 6.69. The summed E-state index contributed by atoms with van der Waals surface area (Å²) >= 11 is 0. The molecule has 0 aromatic rings. The topological polar surface area (TPSA) is 89.9 Å². The number of hydrogen-bond donors (Lipinski definition) is 3. The number of urea groups is 1. The highest BCUT2D eigenvalue weighted by Crippen LogP contribution is 2.07. The molecule has 0 radical (unpaired) electrons. The van der Waals surface area contributed by atoms with Crippen molar-refractivity contribution in [2.75, 3.05) is 19.6 Å². The smallest absolute Gasteiger partial charge is 0.317 e. The molecule has 0 bridgehead atoms. The highest BCUT2D eigenvalue weighted by atomic mass is 16.4. The van der Waals surface area contributed by atoms with Crippen LogP contribution < -0.4 is 5.32 Å². The van der Waals surface area contributed by atoms with E-state index in [1.807, 2.05) is 13.8 Å². The molecule has 0 fully saturated rings. The van der Waals surface area contributed by atoms with E-state index in [0.29, 0.717) is 13.0 Å². The number of aliphatic carboxylic acids is 1. The molecular formula is C13H26N2O4. The number of hydrogen-bond acceptors (Lipinski definition) is 3. The molecule has 0 rings (SSSR count). The van der Waals surface area contributed by atoms with Crippen molar-refractivity contribution >= 4 is 12.0 Å². The zero-order valence-corrected chi connectivity index (χ0v) is 12.3. The average Bonchev–Trinajstić information content (AvgIpc) is 2.29. The van der Waals surface area contributed by atoms with Gasteiger partial charge in [0.1, 0.15) is 0 Å². The largest absolute Gasteiger partial charge is 0.481 e. The Labute approximate surface area is 114 Å². The van der Waals surface area contributed by atoms with E-state index in [1.165, 1.54) is 4.90 Å². The quantitative estimate of drug-likeness (QED) is 0.622. The fourth-order valence-electron chi connectivity index (χ4n) is 1.78. The van der Waals surface area contributed by atoms with Crippen LogP contribution in [0.2, 0.25) is 0 Å². The third kappa shape index (κ3) is 7.66. The van der Waals surface area contributed by atoms with Crippen molar-refractivity contribution in [2.45, 2.75) is 46.1 Å². The maximum atomic E-state index is 11.9. The maximum Gasteiger partial charge on any atom is 0.317 e. The lowest BCUT2D eigenvalue weighted by molar-refractivity contribution is -0.141. The number of carbonyl (C=O) groups is 2. The highest BCUT2D eigenvalue weighted by molar-refractivity contribution is 5.76. The van der Waals surface area contributed by atoms with Crippen LogP contribution in [0.25, 0.3) is 0 Å². The Morgan fingerprint density at radius 3 is 2.26 bits per heavy atom. The van der Waals surface area contributed by atoms with Crippen molar-refractivity contribution < 1.29 is 19.8 Å². The Kier molecular flexibility index (Phi) is 7.44. The molecule has 0 aliphatic rings. The summed E-state index contributed by atoms with van der Waals surface area (Å²) in [5.74, 6) is -1.46. The first-order chi connectivity index (χ1) is 8.71. The molecule has 0 aromatic heterocycles. The van der Waals surface area contributed by atoms with Crippen LogP contribution in [0.4, 0.5) is 4.79 Å². The van der Waals surface area contributed by atoms with E-state index in [2.05, 4.69) is 5.32 Å². The first-order valence-electron chi connectivity index (χ1n) is 6.69. The minimum Gasteiger partial charge on any atom is -0.481 e. The zero-order chi connectivity index (χ0) is 15.1. The van der Waals surface area contributed by atoms with Crippen molar-refractivity contribution in [2.24, 2.45) is 5.92 Å². The lowest BCUT2D eigenvalue weighted by atomic mass is 10.0. The monoisotopic (exact) mass is 274 g/mol. The Morgan fingerprint density at radius 2 is 1.89 bits per heavy atom. The Hall–Kier alpha value is -1.30.